The van der Waals surface area contributed by atoms with Gasteiger partial charge in [-0.3, -0.25) is 0 Å². The molecule has 1 aromatic rings. The molecule has 0 amide bonds. The normalized spacial score (nSPS) is 12.1. The molecule has 0 aromatic heterocycles. The van der Waals surface area contributed by atoms with Crippen LogP contribution in [0.4, 0.5) is 0 Å². The van der Waals surface area contributed by atoms with E-state index in [-0.39, 0.29) is 8.80 Å². The van der Waals surface area contributed by atoms with E-state index in [1.807, 2.05) is 0 Å². The smallest absolute Gasteiger partial charge is 0.0531 e. The lowest BCUT2D eigenvalue weighted by Gasteiger charge is -2.28. The fraction of sp³-hybridized carbons (Fsp3) is 0.455. The third-order valence-electron chi connectivity index (χ3n) is 2.75. The molecule has 1 radical (unpaired) electrons. The van der Waals surface area contributed by atoms with Crippen molar-refractivity contribution in [2.45, 2.75) is 32.0 Å². The van der Waals surface area contributed by atoms with E-state index in [0.717, 1.165) is 0 Å². The molecule has 1 heteroatoms. The molecule has 0 fully saturated rings. The van der Waals surface area contributed by atoms with E-state index >= 15 is 0 Å². The second-order valence-electron chi connectivity index (χ2n) is 3.99. The van der Waals surface area contributed by atoms with Crippen molar-refractivity contribution in [3.8, 4) is 0 Å². The number of benzene rings is 1. The van der Waals surface area contributed by atoms with Crippen molar-refractivity contribution >= 4 is 8.80 Å². The van der Waals surface area contributed by atoms with Gasteiger partial charge in [-0.2, -0.15) is 0 Å². The molecule has 1 aromatic carbocycles. The molecule has 0 saturated heterocycles. The Morgan fingerprint density at radius 2 is 1.50 bits per heavy atom. The zero-order chi connectivity index (χ0) is 9.19. The summed E-state index contributed by atoms with van der Waals surface area (Å²) in [6.45, 7) is 9.43. The largest absolute Gasteiger partial charge is 0.0706 e. The fourth-order valence-corrected chi connectivity index (χ4v) is 1.89. The second-order valence-corrected chi connectivity index (χ2v) is 7.24. The molecule has 65 valence electrons. The summed E-state index contributed by atoms with van der Waals surface area (Å²) in [5, 5.41) is 0.395. The summed E-state index contributed by atoms with van der Waals surface area (Å²) >= 11 is 0. The Balaban J connectivity index is 2.98. The molecule has 0 aliphatic carbocycles. The molecule has 0 bridgehead atoms. The van der Waals surface area contributed by atoms with Crippen LogP contribution in [0.15, 0.2) is 30.3 Å². The van der Waals surface area contributed by atoms with Gasteiger partial charge in [0.15, 0.2) is 0 Å². The van der Waals surface area contributed by atoms with Gasteiger partial charge in [0.05, 0.1) is 8.80 Å². The van der Waals surface area contributed by atoms with Crippen molar-refractivity contribution in [2.24, 2.45) is 0 Å². The first-order chi connectivity index (χ1) is 5.55. The monoisotopic (exact) mass is 177 g/mol. The molecule has 0 N–H and O–H groups in total. The number of rotatable bonds is 2. The van der Waals surface area contributed by atoms with Crippen LogP contribution in [-0.4, -0.2) is 8.80 Å². The second kappa shape index (κ2) is 3.44. The highest BCUT2D eigenvalue weighted by molar-refractivity contribution is 6.59. The first kappa shape index (κ1) is 9.52. The Morgan fingerprint density at radius 3 is 1.92 bits per heavy atom. The minimum absolute atomic E-state index is 0.263. The number of hydrogen-bond donors (Lipinski definition) is 0. The van der Waals surface area contributed by atoms with Crippen molar-refractivity contribution < 1.29 is 0 Å². The maximum absolute atomic E-state index is 2.37. The lowest BCUT2D eigenvalue weighted by molar-refractivity contribution is 0.738. The van der Waals surface area contributed by atoms with E-state index in [1.165, 1.54) is 5.56 Å². The van der Waals surface area contributed by atoms with Crippen molar-refractivity contribution in [3.05, 3.63) is 35.9 Å². The van der Waals surface area contributed by atoms with Gasteiger partial charge in [-0.1, -0.05) is 57.3 Å². The first-order valence-corrected chi connectivity index (χ1v) is 6.91. The third-order valence-corrected chi connectivity index (χ3v) is 5.53. The van der Waals surface area contributed by atoms with E-state index in [9.17, 15) is 0 Å². The maximum Gasteiger partial charge on any atom is 0.0531 e. The molecule has 0 heterocycles. The highest BCUT2D eigenvalue weighted by atomic mass is 28.3. The van der Waals surface area contributed by atoms with Crippen LogP contribution in [0.1, 0.15) is 19.4 Å². The van der Waals surface area contributed by atoms with Gasteiger partial charge in [-0.25, -0.2) is 0 Å². The quantitative estimate of drug-likeness (QED) is 0.608. The molecule has 12 heavy (non-hydrogen) atoms. The molecule has 0 spiro atoms. The minimum atomic E-state index is -0.263. The molecular weight excluding hydrogens is 160 g/mol. The lowest BCUT2D eigenvalue weighted by Crippen LogP contribution is -2.32. The van der Waals surface area contributed by atoms with Gasteiger partial charge in [-0.15, -0.1) is 0 Å². The Labute approximate surface area is 77.2 Å². The van der Waals surface area contributed by atoms with Crippen LogP contribution in [0.5, 0.6) is 0 Å². The van der Waals surface area contributed by atoms with Crippen molar-refractivity contribution in [2.75, 3.05) is 0 Å². The summed E-state index contributed by atoms with van der Waals surface area (Å²) in [5.74, 6) is 0. The fourth-order valence-electron chi connectivity index (χ4n) is 1.14. The van der Waals surface area contributed by atoms with Gasteiger partial charge < -0.3 is 0 Å². The van der Waals surface area contributed by atoms with Crippen LogP contribution in [0, 0.1) is 0 Å². The highest BCUT2D eigenvalue weighted by Gasteiger charge is 2.24. The van der Waals surface area contributed by atoms with E-state index in [0.29, 0.717) is 5.04 Å². The predicted octanol–water partition coefficient (Wildman–Crippen LogP) is 3.26. The van der Waals surface area contributed by atoms with Crippen molar-refractivity contribution in [3.63, 3.8) is 0 Å². The van der Waals surface area contributed by atoms with E-state index < -0.39 is 0 Å². The van der Waals surface area contributed by atoms with Crippen LogP contribution in [0.3, 0.4) is 0 Å². The van der Waals surface area contributed by atoms with Crippen LogP contribution in [0.2, 0.25) is 13.1 Å². The van der Waals surface area contributed by atoms with Crippen LogP contribution in [0.25, 0.3) is 0 Å². The van der Waals surface area contributed by atoms with Crippen LogP contribution >= 0.6 is 0 Å². The molecule has 0 aliphatic rings. The SMILES string of the molecule is C[Si](C)C(C)(C)c1ccccc1. The van der Waals surface area contributed by atoms with Gasteiger partial charge >= 0.3 is 0 Å². The van der Waals surface area contributed by atoms with Crippen molar-refractivity contribution in [1.82, 2.24) is 0 Å². The minimum Gasteiger partial charge on any atom is -0.0706 e. The maximum atomic E-state index is 2.37. The first-order valence-electron chi connectivity index (χ1n) is 4.41. The predicted molar refractivity (Wildman–Crippen MR) is 57.0 cm³/mol. The average molecular weight is 177 g/mol. The van der Waals surface area contributed by atoms with Crippen LogP contribution in [-0.2, 0) is 5.04 Å². The van der Waals surface area contributed by atoms with Crippen molar-refractivity contribution in [1.29, 1.82) is 0 Å². The Morgan fingerprint density at radius 1 is 1.00 bits per heavy atom. The summed E-state index contributed by atoms with van der Waals surface area (Å²) in [6, 6.07) is 10.8. The van der Waals surface area contributed by atoms with Gasteiger partial charge in [0.25, 0.3) is 0 Å². The summed E-state index contributed by atoms with van der Waals surface area (Å²) in [6.07, 6.45) is 0. The van der Waals surface area contributed by atoms with Gasteiger partial charge in [0.2, 0.25) is 0 Å². The molecular formula is C11H17Si. The Kier molecular flexibility index (Phi) is 2.73. The summed E-state index contributed by atoms with van der Waals surface area (Å²) in [5.41, 5.74) is 1.48. The average Bonchev–Trinajstić information content (AvgIpc) is 2.06. The van der Waals surface area contributed by atoms with Gasteiger partial charge in [0.1, 0.15) is 0 Å². The summed E-state index contributed by atoms with van der Waals surface area (Å²) < 4.78 is 0. The van der Waals surface area contributed by atoms with Crippen LogP contribution < -0.4 is 0 Å². The molecule has 0 nitrogen and oxygen atoms in total. The standard InChI is InChI=1S/C11H17Si/c1-11(2,12(3)4)10-8-6-5-7-9-10/h5-9H,1-4H3. The highest BCUT2D eigenvalue weighted by Crippen LogP contribution is 2.25. The third kappa shape index (κ3) is 1.78. The van der Waals surface area contributed by atoms with E-state index in [4.69, 9.17) is 0 Å². The Hall–Kier alpha value is -0.563. The zero-order valence-corrected chi connectivity index (χ0v) is 9.39. The van der Waals surface area contributed by atoms with Gasteiger partial charge in [-0.05, 0) is 10.6 Å². The summed E-state index contributed by atoms with van der Waals surface area (Å²) in [4.78, 5) is 0. The molecule has 0 saturated carbocycles. The lowest BCUT2D eigenvalue weighted by atomic mass is 10.0. The zero-order valence-electron chi connectivity index (χ0n) is 8.39. The molecule has 0 aliphatic heterocycles. The molecule has 1 rings (SSSR count). The van der Waals surface area contributed by atoms with E-state index in [1.54, 1.807) is 0 Å². The summed E-state index contributed by atoms with van der Waals surface area (Å²) in [7, 11) is -0.263. The van der Waals surface area contributed by atoms with Gasteiger partial charge in [0, 0.05) is 0 Å². The Bertz CT molecular complexity index is 236. The number of hydrogen-bond acceptors (Lipinski definition) is 0. The molecule has 0 unspecified atom stereocenters. The molecule has 0 atom stereocenters. The van der Waals surface area contributed by atoms with E-state index in [2.05, 4.69) is 57.3 Å². The topological polar surface area (TPSA) is 0 Å².